The Labute approximate surface area is 179 Å². The first-order chi connectivity index (χ1) is 15.2. The van der Waals surface area contributed by atoms with Crippen LogP contribution in [-0.4, -0.2) is 35.3 Å². The number of para-hydroxylation sites is 3. The average molecular weight is 414 g/mol. The second-order valence-electron chi connectivity index (χ2n) is 7.22. The highest BCUT2D eigenvalue weighted by atomic mass is 16.5. The zero-order chi connectivity index (χ0) is 21.2. The van der Waals surface area contributed by atoms with Crippen molar-refractivity contribution < 1.29 is 14.6 Å². The Morgan fingerprint density at radius 1 is 1.03 bits per heavy atom. The van der Waals surface area contributed by atoms with Gasteiger partial charge in [0, 0.05) is 11.9 Å². The Morgan fingerprint density at radius 2 is 1.87 bits per heavy atom. The number of methoxy groups -OCH3 is 1. The number of ether oxygens (including phenoxy) is 2. The Balaban J connectivity index is 1.59. The third-order valence-corrected chi connectivity index (χ3v) is 5.26. The van der Waals surface area contributed by atoms with Crippen molar-refractivity contribution in [3.8, 4) is 17.2 Å². The van der Waals surface area contributed by atoms with E-state index in [2.05, 4.69) is 10.2 Å². The number of nitrogens with one attached hydrogen (secondary N) is 1. The average Bonchev–Trinajstić information content (AvgIpc) is 2.82. The molecule has 3 aromatic carbocycles. The number of phenolic OH excluding ortho intramolecular Hbond substituents is 1. The van der Waals surface area contributed by atoms with Gasteiger partial charge in [-0.25, -0.2) is 4.98 Å². The molecule has 0 atom stereocenters. The van der Waals surface area contributed by atoms with Crippen molar-refractivity contribution in [3.05, 3.63) is 72.3 Å². The molecule has 156 valence electrons. The van der Waals surface area contributed by atoms with E-state index >= 15 is 0 Å². The maximum absolute atomic E-state index is 9.53. The molecule has 0 aliphatic carbocycles. The molecule has 0 radical (unpaired) electrons. The van der Waals surface area contributed by atoms with Crippen LogP contribution in [0.4, 0.5) is 17.5 Å². The van der Waals surface area contributed by atoms with E-state index in [1.807, 2.05) is 54.6 Å². The van der Waals surface area contributed by atoms with Gasteiger partial charge in [-0.3, -0.25) is 0 Å². The summed E-state index contributed by atoms with van der Waals surface area (Å²) in [5.41, 5.74) is 2.71. The van der Waals surface area contributed by atoms with E-state index in [1.165, 1.54) is 0 Å². The van der Waals surface area contributed by atoms with Crippen LogP contribution in [0.25, 0.3) is 10.9 Å². The second kappa shape index (κ2) is 8.02. The molecular formula is C24H22N4O3. The highest BCUT2D eigenvalue weighted by molar-refractivity contribution is 5.94. The van der Waals surface area contributed by atoms with Crippen LogP contribution in [0.15, 0.2) is 66.7 Å². The van der Waals surface area contributed by atoms with Crippen LogP contribution in [-0.2, 0) is 6.54 Å². The fourth-order valence-corrected chi connectivity index (χ4v) is 3.71. The van der Waals surface area contributed by atoms with Crippen LogP contribution in [0.3, 0.4) is 0 Å². The molecule has 2 heterocycles. The van der Waals surface area contributed by atoms with Gasteiger partial charge in [-0.1, -0.05) is 30.3 Å². The van der Waals surface area contributed by atoms with Crippen LogP contribution in [0, 0.1) is 0 Å². The lowest BCUT2D eigenvalue weighted by atomic mass is 10.2. The molecule has 31 heavy (non-hydrogen) atoms. The molecule has 4 aromatic rings. The smallest absolute Gasteiger partial charge is 0.232 e. The van der Waals surface area contributed by atoms with Crippen LogP contribution in [0.1, 0.15) is 5.56 Å². The Morgan fingerprint density at radius 3 is 2.71 bits per heavy atom. The maximum atomic E-state index is 9.53. The van der Waals surface area contributed by atoms with E-state index in [-0.39, 0.29) is 5.75 Å². The van der Waals surface area contributed by atoms with Crippen LogP contribution >= 0.6 is 0 Å². The molecular weight excluding hydrogens is 392 g/mol. The van der Waals surface area contributed by atoms with E-state index in [9.17, 15) is 5.11 Å². The van der Waals surface area contributed by atoms with Gasteiger partial charge in [0.1, 0.15) is 35.2 Å². The van der Waals surface area contributed by atoms with Crippen LogP contribution in [0.5, 0.6) is 17.2 Å². The zero-order valence-corrected chi connectivity index (χ0v) is 17.1. The fraction of sp³-hybridized carbons (Fsp3) is 0.167. The lowest BCUT2D eigenvalue weighted by Gasteiger charge is -2.30. The monoisotopic (exact) mass is 414 g/mol. The van der Waals surface area contributed by atoms with Crippen molar-refractivity contribution in [2.45, 2.75) is 6.54 Å². The molecule has 2 N–H and O–H groups in total. The minimum atomic E-state index is 0.245. The highest BCUT2D eigenvalue weighted by Crippen LogP contribution is 2.37. The predicted octanol–water partition coefficient (Wildman–Crippen LogP) is 4.49. The quantitative estimate of drug-likeness (QED) is 0.498. The van der Waals surface area contributed by atoms with Gasteiger partial charge in [0.2, 0.25) is 5.95 Å². The van der Waals surface area contributed by atoms with E-state index in [1.54, 1.807) is 19.2 Å². The number of benzene rings is 3. The van der Waals surface area contributed by atoms with Gasteiger partial charge >= 0.3 is 0 Å². The van der Waals surface area contributed by atoms with E-state index in [0.29, 0.717) is 31.4 Å². The van der Waals surface area contributed by atoms with Gasteiger partial charge in [0.15, 0.2) is 0 Å². The number of anilines is 3. The van der Waals surface area contributed by atoms with Gasteiger partial charge in [-0.15, -0.1) is 0 Å². The van der Waals surface area contributed by atoms with Crippen molar-refractivity contribution in [3.63, 3.8) is 0 Å². The van der Waals surface area contributed by atoms with Crippen molar-refractivity contribution in [1.82, 2.24) is 9.97 Å². The van der Waals surface area contributed by atoms with Gasteiger partial charge < -0.3 is 24.8 Å². The zero-order valence-electron chi connectivity index (χ0n) is 17.1. The van der Waals surface area contributed by atoms with E-state index in [0.717, 1.165) is 33.7 Å². The summed E-state index contributed by atoms with van der Waals surface area (Å²) in [6.45, 7) is 1.76. The molecule has 0 unspecified atom stereocenters. The summed E-state index contributed by atoms with van der Waals surface area (Å²) < 4.78 is 11.4. The third kappa shape index (κ3) is 3.66. The maximum Gasteiger partial charge on any atom is 0.232 e. The summed E-state index contributed by atoms with van der Waals surface area (Å²) in [5, 5.41) is 13.8. The standard InChI is InChI=1S/C24H22N4O3/c1-30-21-8-4-5-18-22(21)26-24(28-13-14-31-20-7-3-2-6-19(20)28)27-23(18)25-15-16-9-11-17(29)12-10-16/h2-12,29H,13-15H2,1H3,(H,25,26,27). The molecule has 0 amide bonds. The van der Waals surface area contributed by atoms with Crippen LogP contribution < -0.4 is 19.7 Å². The Kier molecular flexibility index (Phi) is 4.92. The largest absolute Gasteiger partial charge is 0.508 e. The van der Waals surface area contributed by atoms with E-state index < -0.39 is 0 Å². The molecule has 1 aliphatic rings. The second-order valence-corrected chi connectivity index (χ2v) is 7.22. The summed E-state index contributed by atoms with van der Waals surface area (Å²) in [6, 6.07) is 20.8. The number of fused-ring (bicyclic) bond motifs is 2. The summed E-state index contributed by atoms with van der Waals surface area (Å²) in [6.07, 6.45) is 0. The number of phenols is 1. The molecule has 0 fully saturated rings. The molecule has 5 rings (SSSR count). The van der Waals surface area contributed by atoms with Crippen molar-refractivity contribution in [1.29, 1.82) is 0 Å². The molecule has 7 nitrogen and oxygen atoms in total. The number of rotatable bonds is 5. The van der Waals surface area contributed by atoms with E-state index in [4.69, 9.17) is 19.4 Å². The fourth-order valence-electron chi connectivity index (χ4n) is 3.71. The van der Waals surface area contributed by atoms with Crippen molar-refractivity contribution in [2.75, 3.05) is 30.5 Å². The highest BCUT2D eigenvalue weighted by Gasteiger charge is 2.23. The topological polar surface area (TPSA) is 79.7 Å². The molecule has 1 aliphatic heterocycles. The molecule has 0 saturated heterocycles. The summed E-state index contributed by atoms with van der Waals surface area (Å²) in [4.78, 5) is 11.8. The van der Waals surface area contributed by atoms with Crippen LogP contribution in [0.2, 0.25) is 0 Å². The van der Waals surface area contributed by atoms with Gasteiger partial charge in [-0.2, -0.15) is 4.98 Å². The molecule has 0 saturated carbocycles. The van der Waals surface area contributed by atoms with Crippen molar-refractivity contribution >= 4 is 28.4 Å². The number of nitrogens with zero attached hydrogens (tertiary/aromatic N) is 3. The minimum Gasteiger partial charge on any atom is -0.508 e. The SMILES string of the molecule is COc1cccc2c(NCc3ccc(O)cc3)nc(N3CCOc4ccccc43)nc12. The summed E-state index contributed by atoms with van der Waals surface area (Å²) in [7, 11) is 1.64. The third-order valence-electron chi connectivity index (χ3n) is 5.26. The first kappa shape index (κ1) is 19.0. The summed E-state index contributed by atoms with van der Waals surface area (Å²) >= 11 is 0. The first-order valence-electron chi connectivity index (χ1n) is 10.1. The Bertz CT molecular complexity index is 1230. The number of hydrogen-bond donors (Lipinski definition) is 2. The molecule has 1 aromatic heterocycles. The minimum absolute atomic E-state index is 0.245. The van der Waals surface area contributed by atoms with Gasteiger partial charge in [0.25, 0.3) is 0 Å². The lowest BCUT2D eigenvalue weighted by Crippen LogP contribution is -2.30. The van der Waals surface area contributed by atoms with Gasteiger partial charge in [0.05, 0.1) is 19.3 Å². The molecule has 0 bridgehead atoms. The number of aromatic nitrogens is 2. The lowest BCUT2D eigenvalue weighted by molar-refractivity contribution is 0.313. The molecule has 7 heteroatoms. The van der Waals surface area contributed by atoms with Crippen molar-refractivity contribution in [2.24, 2.45) is 0 Å². The first-order valence-corrected chi connectivity index (χ1v) is 10.1. The summed E-state index contributed by atoms with van der Waals surface area (Å²) in [5.74, 6) is 3.05. The predicted molar refractivity (Wildman–Crippen MR) is 120 cm³/mol. The molecule has 0 spiro atoms. The normalized spacial score (nSPS) is 12.9. The number of hydrogen-bond acceptors (Lipinski definition) is 7. The Hall–Kier alpha value is -4.00. The van der Waals surface area contributed by atoms with Gasteiger partial charge in [-0.05, 0) is 42.0 Å². The number of aromatic hydroxyl groups is 1.